The largest absolute Gasteiger partial charge is 0.390 e. The number of Topliss-reactive ketones (excluding diaryl/α,β-unsaturated/α-hetero) is 1. The minimum absolute atomic E-state index is 0.0109. The zero-order valence-corrected chi connectivity index (χ0v) is 18.5. The van der Waals surface area contributed by atoms with Crippen molar-refractivity contribution in [2.45, 2.75) is 82.6 Å². The SMILES string of the molecule is CC1(C)OC2CC3C4CCC5=CC(=O)C=C[C@]5(C)C4(F)[C@@H](O)C[C@]3(C)C2(C(=O)CO)O1. The molecule has 0 radical (unpaired) electrons. The Morgan fingerprint density at radius 2 is 1.97 bits per heavy atom. The molecule has 1 heterocycles. The third kappa shape index (κ3) is 2.31. The van der Waals surface area contributed by atoms with Crippen molar-refractivity contribution in [3.63, 3.8) is 0 Å². The van der Waals surface area contributed by atoms with Gasteiger partial charge in [0.25, 0.3) is 0 Å². The van der Waals surface area contributed by atoms with E-state index in [-0.39, 0.29) is 18.1 Å². The Morgan fingerprint density at radius 1 is 1.26 bits per heavy atom. The van der Waals surface area contributed by atoms with Crippen molar-refractivity contribution in [2.24, 2.45) is 22.7 Å². The topological polar surface area (TPSA) is 93.1 Å². The molecule has 0 bridgehead atoms. The van der Waals surface area contributed by atoms with Crippen molar-refractivity contribution in [1.82, 2.24) is 0 Å². The van der Waals surface area contributed by atoms with Crippen molar-refractivity contribution in [3.05, 3.63) is 23.8 Å². The molecule has 0 amide bonds. The second-order valence-electron chi connectivity index (χ2n) is 10.9. The van der Waals surface area contributed by atoms with Crippen LogP contribution in [0.15, 0.2) is 23.8 Å². The van der Waals surface area contributed by atoms with Gasteiger partial charge in [0, 0.05) is 16.7 Å². The number of allylic oxidation sites excluding steroid dienone is 4. The highest BCUT2D eigenvalue weighted by atomic mass is 19.1. The van der Waals surface area contributed by atoms with Gasteiger partial charge in [-0.25, -0.2) is 4.39 Å². The van der Waals surface area contributed by atoms with E-state index in [9.17, 15) is 19.8 Å². The number of ether oxygens (including phenoxy) is 2. The fraction of sp³-hybridized carbons (Fsp3) is 0.750. The van der Waals surface area contributed by atoms with Crippen LogP contribution in [0.25, 0.3) is 0 Å². The monoisotopic (exact) mass is 434 g/mol. The molecule has 0 aromatic heterocycles. The Balaban J connectivity index is 1.64. The van der Waals surface area contributed by atoms with Gasteiger partial charge in [0.1, 0.15) is 6.61 Å². The summed E-state index contributed by atoms with van der Waals surface area (Å²) in [6.45, 7) is 6.41. The molecule has 3 saturated carbocycles. The number of halogens is 1. The van der Waals surface area contributed by atoms with Gasteiger partial charge in [0.05, 0.1) is 12.2 Å². The third-order valence-electron chi connectivity index (χ3n) is 9.19. The molecular weight excluding hydrogens is 403 g/mol. The van der Waals surface area contributed by atoms with Gasteiger partial charge in [0.2, 0.25) is 0 Å². The zero-order chi connectivity index (χ0) is 22.6. The molecule has 6 nitrogen and oxygen atoms in total. The van der Waals surface area contributed by atoms with Crippen LogP contribution in [0.3, 0.4) is 0 Å². The molecule has 0 aromatic rings. The minimum atomic E-state index is -1.98. The normalized spacial score (nSPS) is 52.1. The maximum atomic E-state index is 17.1. The Morgan fingerprint density at radius 3 is 2.65 bits per heavy atom. The molecule has 5 rings (SSSR count). The van der Waals surface area contributed by atoms with Crippen LogP contribution in [0.5, 0.6) is 0 Å². The fourth-order valence-corrected chi connectivity index (χ4v) is 7.93. The van der Waals surface area contributed by atoms with E-state index >= 15 is 4.39 Å². The van der Waals surface area contributed by atoms with E-state index < -0.39 is 58.4 Å². The number of rotatable bonds is 2. The number of ketones is 2. The van der Waals surface area contributed by atoms with Gasteiger partial charge in [-0.05, 0) is 64.5 Å². The predicted octanol–water partition coefficient (Wildman–Crippen LogP) is 2.42. The lowest BCUT2D eigenvalue weighted by Gasteiger charge is -2.62. The van der Waals surface area contributed by atoms with Crippen molar-refractivity contribution >= 4 is 11.6 Å². The average molecular weight is 435 g/mol. The summed E-state index contributed by atoms with van der Waals surface area (Å²) in [5, 5.41) is 21.2. The number of hydrogen-bond donors (Lipinski definition) is 2. The van der Waals surface area contributed by atoms with Crippen LogP contribution in [0.4, 0.5) is 4.39 Å². The lowest BCUT2D eigenvalue weighted by atomic mass is 9.44. The first-order chi connectivity index (χ1) is 14.4. The summed E-state index contributed by atoms with van der Waals surface area (Å²) in [5.74, 6) is -2.46. The van der Waals surface area contributed by atoms with Crippen LogP contribution in [-0.4, -0.2) is 57.7 Å². The van der Waals surface area contributed by atoms with E-state index in [0.29, 0.717) is 19.3 Å². The number of carbonyl (C=O) groups excluding carboxylic acids is 2. The highest BCUT2D eigenvalue weighted by molar-refractivity contribution is 6.01. The highest BCUT2D eigenvalue weighted by Crippen LogP contribution is 2.72. The van der Waals surface area contributed by atoms with E-state index in [1.807, 2.05) is 6.92 Å². The van der Waals surface area contributed by atoms with Crippen LogP contribution in [0, 0.1) is 22.7 Å². The maximum absolute atomic E-state index is 17.1. The molecule has 0 spiro atoms. The minimum Gasteiger partial charge on any atom is -0.390 e. The smallest absolute Gasteiger partial charge is 0.193 e. The second-order valence-corrected chi connectivity index (χ2v) is 10.9. The van der Waals surface area contributed by atoms with Gasteiger partial charge in [0.15, 0.2) is 28.6 Å². The summed E-state index contributed by atoms with van der Waals surface area (Å²) >= 11 is 0. The van der Waals surface area contributed by atoms with Crippen LogP contribution in [-0.2, 0) is 19.1 Å². The summed E-state index contributed by atoms with van der Waals surface area (Å²) in [4.78, 5) is 25.1. The van der Waals surface area contributed by atoms with Crippen molar-refractivity contribution in [1.29, 1.82) is 0 Å². The molecule has 1 saturated heterocycles. The van der Waals surface area contributed by atoms with E-state index in [2.05, 4.69) is 0 Å². The first kappa shape index (κ1) is 21.4. The van der Waals surface area contributed by atoms with Crippen LogP contribution >= 0.6 is 0 Å². The first-order valence-corrected chi connectivity index (χ1v) is 11.2. The number of aliphatic hydroxyl groups excluding tert-OH is 2. The third-order valence-corrected chi connectivity index (χ3v) is 9.19. The molecule has 7 heteroatoms. The summed E-state index contributed by atoms with van der Waals surface area (Å²) < 4.78 is 29.5. The van der Waals surface area contributed by atoms with Gasteiger partial charge < -0.3 is 19.7 Å². The van der Waals surface area contributed by atoms with Gasteiger partial charge in [-0.1, -0.05) is 18.6 Å². The van der Waals surface area contributed by atoms with Gasteiger partial charge in [-0.15, -0.1) is 0 Å². The molecule has 5 unspecified atom stereocenters. The molecule has 0 aromatic carbocycles. The van der Waals surface area contributed by atoms with Crippen LogP contribution in [0.2, 0.25) is 0 Å². The zero-order valence-electron chi connectivity index (χ0n) is 18.5. The number of fused-ring (bicyclic) bond motifs is 7. The second kappa shape index (κ2) is 6.13. The Hall–Kier alpha value is -1.41. The summed E-state index contributed by atoms with van der Waals surface area (Å²) in [6.07, 6.45) is 4.00. The first-order valence-electron chi connectivity index (χ1n) is 11.2. The number of hydrogen-bond acceptors (Lipinski definition) is 6. The molecule has 170 valence electrons. The van der Waals surface area contributed by atoms with Crippen molar-refractivity contribution < 1.29 is 33.7 Å². The maximum Gasteiger partial charge on any atom is 0.193 e. The Labute approximate surface area is 181 Å². The molecular formula is C24H31FO6. The van der Waals surface area contributed by atoms with Crippen LogP contribution < -0.4 is 0 Å². The molecule has 2 N–H and O–H groups in total. The molecule has 4 aliphatic carbocycles. The lowest BCUT2D eigenvalue weighted by Crippen LogP contribution is -2.70. The summed E-state index contributed by atoms with van der Waals surface area (Å²) in [5.41, 5.74) is -4.66. The fourth-order valence-electron chi connectivity index (χ4n) is 7.93. The van der Waals surface area contributed by atoms with Crippen molar-refractivity contribution in [3.8, 4) is 0 Å². The number of aliphatic hydroxyl groups is 2. The molecule has 4 fully saturated rings. The highest BCUT2D eigenvalue weighted by Gasteiger charge is 2.79. The van der Waals surface area contributed by atoms with Gasteiger partial charge in [-0.3, -0.25) is 9.59 Å². The Kier molecular flexibility index (Phi) is 4.24. The lowest BCUT2D eigenvalue weighted by molar-refractivity contribution is -0.246. The Bertz CT molecular complexity index is 925. The standard InChI is InChI=1S/C24H31FO6/c1-20(2)30-19-10-16-15-6-5-13-9-14(27)7-8-21(13,3)23(15,25)17(28)11-22(16,4)24(19,31-20)18(29)12-26/h7-9,15-17,19,26,28H,5-6,10-12H2,1-4H3/t15?,16?,17-,19?,21-,22-,23?,24?/m0/s1. The quantitative estimate of drug-likeness (QED) is 0.694. The molecule has 5 aliphatic rings. The summed E-state index contributed by atoms with van der Waals surface area (Å²) in [6, 6.07) is 0. The van der Waals surface area contributed by atoms with Gasteiger partial charge in [-0.2, -0.15) is 0 Å². The molecule has 31 heavy (non-hydrogen) atoms. The predicted molar refractivity (Wildman–Crippen MR) is 109 cm³/mol. The van der Waals surface area contributed by atoms with E-state index in [4.69, 9.17) is 9.47 Å². The van der Waals surface area contributed by atoms with E-state index in [1.165, 1.54) is 12.2 Å². The summed E-state index contributed by atoms with van der Waals surface area (Å²) in [7, 11) is 0. The van der Waals surface area contributed by atoms with E-state index in [0.717, 1.165) is 5.57 Å². The molecule has 1 aliphatic heterocycles. The van der Waals surface area contributed by atoms with Crippen molar-refractivity contribution in [2.75, 3.05) is 6.61 Å². The number of alkyl halides is 1. The molecule has 8 atom stereocenters. The van der Waals surface area contributed by atoms with Gasteiger partial charge >= 0.3 is 0 Å². The van der Waals surface area contributed by atoms with E-state index in [1.54, 1.807) is 26.8 Å². The average Bonchev–Trinajstić information content (AvgIpc) is 3.09. The number of carbonyl (C=O) groups is 2. The van der Waals surface area contributed by atoms with Crippen LogP contribution in [0.1, 0.15) is 53.4 Å².